The van der Waals surface area contributed by atoms with E-state index in [1.807, 2.05) is 6.07 Å². The van der Waals surface area contributed by atoms with Crippen molar-refractivity contribution in [1.82, 2.24) is 14.8 Å². The molecule has 1 aromatic heterocycles. The Balaban J connectivity index is 2.22. The lowest BCUT2D eigenvalue weighted by atomic mass is 10.2. The minimum absolute atomic E-state index is 0.0197. The first kappa shape index (κ1) is 14.4. The van der Waals surface area contributed by atoms with Crippen LogP contribution in [0.1, 0.15) is 10.5 Å². The van der Waals surface area contributed by atoms with Gasteiger partial charge in [0.1, 0.15) is 5.69 Å². The highest BCUT2D eigenvalue weighted by Crippen LogP contribution is 2.22. The van der Waals surface area contributed by atoms with Crippen LogP contribution in [0.3, 0.4) is 0 Å². The first-order chi connectivity index (χ1) is 9.40. The molecule has 0 unspecified atom stereocenters. The molecule has 2 rings (SSSR count). The van der Waals surface area contributed by atoms with Crippen molar-refractivity contribution in [3.8, 4) is 0 Å². The molecule has 0 spiro atoms. The van der Waals surface area contributed by atoms with Crippen LogP contribution in [0.15, 0.2) is 24.3 Å². The number of aryl methyl sites for hydroxylation is 1. The predicted octanol–water partition coefficient (Wildman–Crippen LogP) is 1.65. The quantitative estimate of drug-likeness (QED) is 0.935. The zero-order valence-corrected chi connectivity index (χ0v) is 12.4. The van der Waals surface area contributed by atoms with Crippen molar-refractivity contribution in [1.29, 1.82) is 0 Å². The molecule has 0 aliphatic carbocycles. The van der Waals surface area contributed by atoms with Crippen LogP contribution in [0.5, 0.6) is 0 Å². The van der Waals surface area contributed by atoms with E-state index >= 15 is 0 Å². The third-order valence-corrected chi connectivity index (χ3v) is 3.37. The van der Waals surface area contributed by atoms with Crippen LogP contribution in [-0.2, 0) is 11.8 Å². The maximum absolute atomic E-state index is 12.1. The number of rotatable bonds is 3. The highest BCUT2D eigenvalue weighted by molar-refractivity contribution is 6.31. The number of likely N-dealkylation sites (N-methyl/N-ethyl adjacent to an activating group) is 1. The zero-order chi connectivity index (χ0) is 14.9. The molecule has 6 heteroatoms. The molecule has 2 amide bonds. The van der Waals surface area contributed by atoms with Gasteiger partial charge in [0.2, 0.25) is 5.91 Å². The number of carbonyl (C=O) groups excluding carboxylic acids is 2. The Labute approximate surface area is 122 Å². The molecule has 5 nitrogen and oxygen atoms in total. The van der Waals surface area contributed by atoms with Gasteiger partial charge in [0.15, 0.2) is 0 Å². The molecular formula is C14H16ClN3O2. The number of hydrogen-bond acceptors (Lipinski definition) is 2. The maximum atomic E-state index is 12.1. The standard InChI is InChI=1S/C14H16ClN3O2/c1-17(2)13(19)8-16-14(20)12-6-9-4-5-10(15)7-11(9)18(12)3/h4-7H,8H2,1-3H3,(H,16,20). The number of halogens is 1. The van der Waals surface area contributed by atoms with Crippen LogP contribution in [0.2, 0.25) is 5.02 Å². The Morgan fingerprint density at radius 2 is 2.00 bits per heavy atom. The lowest BCUT2D eigenvalue weighted by molar-refractivity contribution is -0.127. The van der Waals surface area contributed by atoms with Gasteiger partial charge in [-0.3, -0.25) is 9.59 Å². The molecule has 0 aliphatic rings. The van der Waals surface area contributed by atoms with Crippen LogP contribution in [-0.4, -0.2) is 41.9 Å². The van der Waals surface area contributed by atoms with E-state index in [2.05, 4.69) is 5.32 Å². The third kappa shape index (κ3) is 2.77. The molecule has 0 saturated heterocycles. The van der Waals surface area contributed by atoms with Gasteiger partial charge in [-0.1, -0.05) is 17.7 Å². The molecule has 106 valence electrons. The molecule has 0 radical (unpaired) electrons. The number of nitrogens with one attached hydrogen (secondary N) is 1. The van der Waals surface area contributed by atoms with Crippen molar-refractivity contribution >= 4 is 34.3 Å². The summed E-state index contributed by atoms with van der Waals surface area (Å²) in [6, 6.07) is 7.22. The Morgan fingerprint density at radius 3 is 2.65 bits per heavy atom. The van der Waals surface area contributed by atoms with Gasteiger partial charge in [-0.05, 0) is 18.2 Å². The second kappa shape index (κ2) is 5.54. The number of aromatic nitrogens is 1. The first-order valence-electron chi connectivity index (χ1n) is 6.13. The van der Waals surface area contributed by atoms with E-state index in [-0.39, 0.29) is 18.4 Å². The fourth-order valence-corrected chi connectivity index (χ4v) is 2.09. The van der Waals surface area contributed by atoms with E-state index in [9.17, 15) is 9.59 Å². The van der Waals surface area contributed by atoms with Gasteiger partial charge >= 0.3 is 0 Å². The Morgan fingerprint density at radius 1 is 1.30 bits per heavy atom. The summed E-state index contributed by atoms with van der Waals surface area (Å²) >= 11 is 5.95. The highest BCUT2D eigenvalue weighted by atomic mass is 35.5. The third-order valence-electron chi connectivity index (χ3n) is 3.14. The molecule has 0 saturated carbocycles. The molecule has 20 heavy (non-hydrogen) atoms. The van der Waals surface area contributed by atoms with Gasteiger partial charge in [-0.15, -0.1) is 0 Å². The number of hydrogen-bond donors (Lipinski definition) is 1. The second-order valence-electron chi connectivity index (χ2n) is 4.76. The molecular weight excluding hydrogens is 278 g/mol. The predicted molar refractivity (Wildman–Crippen MR) is 79.0 cm³/mol. The lowest BCUT2D eigenvalue weighted by Gasteiger charge is -2.11. The molecule has 0 bridgehead atoms. The van der Waals surface area contributed by atoms with Crippen molar-refractivity contribution in [2.45, 2.75) is 0 Å². The molecule has 1 heterocycles. The largest absolute Gasteiger partial charge is 0.347 e. The molecule has 0 aliphatic heterocycles. The Bertz CT molecular complexity index is 676. The molecule has 0 atom stereocenters. The van der Waals surface area contributed by atoms with Crippen LogP contribution in [0, 0.1) is 0 Å². The number of amides is 2. The fraction of sp³-hybridized carbons (Fsp3) is 0.286. The Kier molecular flexibility index (Phi) is 3.99. The summed E-state index contributed by atoms with van der Waals surface area (Å²) in [5.74, 6) is -0.435. The molecule has 0 fully saturated rings. The summed E-state index contributed by atoms with van der Waals surface area (Å²) in [4.78, 5) is 25.0. The maximum Gasteiger partial charge on any atom is 0.268 e. The van der Waals surface area contributed by atoms with Crippen LogP contribution in [0.4, 0.5) is 0 Å². The summed E-state index contributed by atoms with van der Waals surface area (Å²) in [7, 11) is 5.09. The SMILES string of the molecule is CN(C)C(=O)CNC(=O)c1cc2ccc(Cl)cc2n1C. The molecule has 2 aromatic rings. The van der Waals surface area contributed by atoms with Crippen molar-refractivity contribution < 1.29 is 9.59 Å². The van der Waals surface area contributed by atoms with Gasteiger partial charge in [-0.25, -0.2) is 0 Å². The average Bonchev–Trinajstić information content (AvgIpc) is 2.73. The van der Waals surface area contributed by atoms with E-state index in [0.29, 0.717) is 10.7 Å². The summed E-state index contributed by atoms with van der Waals surface area (Å²) in [5.41, 5.74) is 1.37. The summed E-state index contributed by atoms with van der Waals surface area (Å²) in [6.07, 6.45) is 0. The smallest absolute Gasteiger partial charge is 0.268 e. The number of carbonyl (C=O) groups is 2. The normalized spacial score (nSPS) is 10.6. The van der Waals surface area contributed by atoms with Crippen LogP contribution < -0.4 is 5.32 Å². The van der Waals surface area contributed by atoms with E-state index < -0.39 is 0 Å². The topological polar surface area (TPSA) is 54.3 Å². The Hall–Kier alpha value is -2.01. The number of nitrogens with zero attached hydrogens (tertiary/aromatic N) is 2. The van der Waals surface area contributed by atoms with Gasteiger partial charge in [0.25, 0.3) is 5.91 Å². The molecule has 1 aromatic carbocycles. The van der Waals surface area contributed by atoms with Crippen molar-refractivity contribution in [3.63, 3.8) is 0 Å². The van der Waals surface area contributed by atoms with Crippen LogP contribution >= 0.6 is 11.6 Å². The van der Waals surface area contributed by atoms with Gasteiger partial charge < -0.3 is 14.8 Å². The van der Waals surface area contributed by atoms with E-state index in [4.69, 9.17) is 11.6 Å². The minimum atomic E-state index is -0.282. The fourth-order valence-electron chi connectivity index (χ4n) is 1.93. The zero-order valence-electron chi connectivity index (χ0n) is 11.6. The number of fused-ring (bicyclic) bond motifs is 1. The summed E-state index contributed by atoms with van der Waals surface area (Å²) in [6.45, 7) is -0.0197. The first-order valence-corrected chi connectivity index (χ1v) is 6.51. The monoisotopic (exact) mass is 293 g/mol. The number of benzene rings is 1. The summed E-state index contributed by atoms with van der Waals surface area (Å²) in [5, 5.41) is 4.16. The minimum Gasteiger partial charge on any atom is -0.347 e. The average molecular weight is 294 g/mol. The van der Waals surface area contributed by atoms with Crippen LogP contribution in [0.25, 0.3) is 10.9 Å². The van der Waals surface area contributed by atoms with Gasteiger partial charge in [0.05, 0.1) is 6.54 Å². The van der Waals surface area contributed by atoms with E-state index in [1.54, 1.807) is 43.9 Å². The van der Waals surface area contributed by atoms with Gasteiger partial charge in [0, 0.05) is 37.1 Å². The van der Waals surface area contributed by atoms with E-state index in [0.717, 1.165) is 10.9 Å². The van der Waals surface area contributed by atoms with Gasteiger partial charge in [-0.2, -0.15) is 0 Å². The highest BCUT2D eigenvalue weighted by Gasteiger charge is 2.14. The summed E-state index contributed by atoms with van der Waals surface area (Å²) < 4.78 is 1.76. The molecule has 1 N–H and O–H groups in total. The second-order valence-corrected chi connectivity index (χ2v) is 5.20. The van der Waals surface area contributed by atoms with E-state index in [1.165, 1.54) is 4.90 Å². The van der Waals surface area contributed by atoms with Crippen molar-refractivity contribution in [2.75, 3.05) is 20.6 Å². The lowest BCUT2D eigenvalue weighted by Crippen LogP contribution is -2.36. The van der Waals surface area contributed by atoms with Crippen molar-refractivity contribution in [2.24, 2.45) is 7.05 Å². The van der Waals surface area contributed by atoms with Crippen molar-refractivity contribution in [3.05, 3.63) is 35.0 Å².